The molecule has 2 rings (SSSR count). The van der Waals surface area contributed by atoms with Gasteiger partial charge in [0.05, 0.1) is 0 Å². The second kappa shape index (κ2) is 3.08. The van der Waals surface area contributed by atoms with E-state index in [2.05, 4.69) is 30.7 Å². The molecular formula is C11H12. The fourth-order valence-corrected chi connectivity index (χ4v) is 1.72. The topological polar surface area (TPSA) is 0 Å². The predicted octanol–water partition coefficient (Wildman–Crippen LogP) is 2.96. The van der Waals surface area contributed by atoms with Gasteiger partial charge >= 0.3 is 0 Å². The van der Waals surface area contributed by atoms with Crippen LogP contribution in [0.3, 0.4) is 0 Å². The van der Waals surface area contributed by atoms with E-state index in [1.807, 2.05) is 6.07 Å². The van der Waals surface area contributed by atoms with E-state index in [0.717, 1.165) is 0 Å². The van der Waals surface area contributed by atoms with Gasteiger partial charge in [0.2, 0.25) is 0 Å². The Bertz CT molecular complexity index is 207. The van der Waals surface area contributed by atoms with E-state index in [1.54, 1.807) is 0 Å². The van der Waals surface area contributed by atoms with Crippen LogP contribution in [0.4, 0.5) is 0 Å². The van der Waals surface area contributed by atoms with E-state index in [9.17, 15) is 0 Å². The third-order valence-corrected chi connectivity index (χ3v) is 2.33. The minimum absolute atomic E-state index is 0.715. The molecule has 1 saturated carbocycles. The zero-order chi connectivity index (χ0) is 7.52. The van der Waals surface area contributed by atoms with E-state index in [1.165, 1.54) is 24.8 Å². The molecule has 2 radical (unpaired) electrons. The van der Waals surface area contributed by atoms with Crippen LogP contribution in [0.2, 0.25) is 0 Å². The van der Waals surface area contributed by atoms with Gasteiger partial charge in [-0.2, -0.15) is 0 Å². The standard InChI is InChI=1S/C11H12/c1-2-6-10(7-3-1)11-8-4-5-9-11/h1-2,6-8,11H,4-5,9H2. The van der Waals surface area contributed by atoms with E-state index >= 15 is 0 Å². The first-order valence-electron chi connectivity index (χ1n) is 4.26. The summed E-state index contributed by atoms with van der Waals surface area (Å²) in [5.41, 5.74) is 1.44. The Hall–Kier alpha value is -0.780. The summed E-state index contributed by atoms with van der Waals surface area (Å²) in [5.74, 6) is 0.715. The summed E-state index contributed by atoms with van der Waals surface area (Å²) in [4.78, 5) is 0. The maximum Gasteiger partial charge on any atom is -0.0131 e. The van der Waals surface area contributed by atoms with Crippen LogP contribution in [-0.4, -0.2) is 0 Å². The summed E-state index contributed by atoms with van der Waals surface area (Å²) in [6.45, 7) is 0. The molecule has 0 aromatic heterocycles. The maximum atomic E-state index is 3.12. The average Bonchev–Trinajstić information content (AvgIpc) is 2.58. The van der Waals surface area contributed by atoms with Gasteiger partial charge in [-0.05, 0) is 36.8 Å². The molecule has 56 valence electrons. The van der Waals surface area contributed by atoms with E-state index in [0.29, 0.717) is 5.92 Å². The molecule has 1 aromatic rings. The zero-order valence-electron chi connectivity index (χ0n) is 6.59. The lowest BCUT2D eigenvalue weighted by Gasteiger charge is -2.06. The van der Waals surface area contributed by atoms with Gasteiger partial charge in [-0.3, -0.25) is 0 Å². The van der Waals surface area contributed by atoms with Crippen LogP contribution in [0.5, 0.6) is 0 Å². The van der Waals surface area contributed by atoms with Gasteiger partial charge in [0.1, 0.15) is 0 Å². The molecule has 1 aliphatic carbocycles. The molecule has 0 amide bonds. The Kier molecular flexibility index (Phi) is 1.93. The Labute approximate surface area is 68.3 Å². The minimum atomic E-state index is 0.715. The Balaban J connectivity index is 2.16. The number of hydrogen-bond donors (Lipinski definition) is 0. The second-order valence-corrected chi connectivity index (χ2v) is 3.11. The summed E-state index contributed by atoms with van der Waals surface area (Å²) in [7, 11) is 0. The van der Waals surface area contributed by atoms with Crippen molar-refractivity contribution in [3.8, 4) is 0 Å². The van der Waals surface area contributed by atoms with Crippen molar-refractivity contribution < 1.29 is 0 Å². The molecule has 0 saturated heterocycles. The van der Waals surface area contributed by atoms with Gasteiger partial charge < -0.3 is 0 Å². The van der Waals surface area contributed by atoms with Crippen LogP contribution in [0.1, 0.15) is 30.7 Å². The minimum Gasteiger partial charge on any atom is -0.0614 e. The van der Waals surface area contributed by atoms with Gasteiger partial charge in [0.15, 0.2) is 0 Å². The molecule has 11 heavy (non-hydrogen) atoms. The maximum absolute atomic E-state index is 3.12. The van der Waals surface area contributed by atoms with Crippen LogP contribution in [0.15, 0.2) is 24.3 Å². The number of rotatable bonds is 1. The van der Waals surface area contributed by atoms with Gasteiger partial charge in [0, 0.05) is 0 Å². The largest absolute Gasteiger partial charge is 0.0614 e. The van der Waals surface area contributed by atoms with Crippen molar-refractivity contribution in [1.29, 1.82) is 0 Å². The average molecular weight is 144 g/mol. The van der Waals surface area contributed by atoms with Crippen molar-refractivity contribution in [1.82, 2.24) is 0 Å². The van der Waals surface area contributed by atoms with Crippen molar-refractivity contribution in [2.75, 3.05) is 0 Å². The number of hydrogen-bond acceptors (Lipinski definition) is 0. The lowest BCUT2D eigenvalue weighted by molar-refractivity contribution is 0.790. The van der Waals surface area contributed by atoms with Crippen molar-refractivity contribution in [2.24, 2.45) is 0 Å². The van der Waals surface area contributed by atoms with E-state index in [-0.39, 0.29) is 0 Å². The van der Waals surface area contributed by atoms with Gasteiger partial charge in [-0.25, -0.2) is 0 Å². The van der Waals surface area contributed by atoms with Crippen LogP contribution in [0, 0.1) is 12.5 Å². The van der Waals surface area contributed by atoms with Crippen LogP contribution in [0.25, 0.3) is 0 Å². The number of benzene rings is 1. The molecule has 1 aromatic carbocycles. The van der Waals surface area contributed by atoms with Gasteiger partial charge in [0.25, 0.3) is 0 Å². The van der Waals surface area contributed by atoms with E-state index in [4.69, 9.17) is 0 Å². The van der Waals surface area contributed by atoms with Crippen molar-refractivity contribution >= 4 is 0 Å². The fraction of sp³-hybridized carbons (Fsp3) is 0.364. The SMILES string of the molecule is [c]1cccc(C2[CH]CCC2)c1. The quantitative estimate of drug-likeness (QED) is 0.568. The molecule has 0 bridgehead atoms. The lowest BCUT2D eigenvalue weighted by Crippen LogP contribution is -1.90. The molecule has 1 atom stereocenters. The molecule has 0 N–H and O–H groups in total. The Morgan fingerprint density at radius 2 is 2.45 bits per heavy atom. The summed E-state index contributed by atoms with van der Waals surface area (Å²) in [6.07, 6.45) is 6.40. The molecule has 1 fully saturated rings. The normalized spacial score (nSPS) is 18.9. The monoisotopic (exact) mass is 144 g/mol. The predicted molar refractivity (Wildman–Crippen MR) is 46.2 cm³/mol. The Morgan fingerprint density at radius 1 is 1.45 bits per heavy atom. The van der Waals surface area contributed by atoms with Crippen LogP contribution < -0.4 is 0 Å². The van der Waals surface area contributed by atoms with Crippen molar-refractivity contribution in [3.05, 3.63) is 42.3 Å². The van der Waals surface area contributed by atoms with Gasteiger partial charge in [-0.1, -0.05) is 30.7 Å². The first-order chi connectivity index (χ1) is 5.47. The second-order valence-electron chi connectivity index (χ2n) is 3.11. The van der Waals surface area contributed by atoms with Crippen molar-refractivity contribution in [2.45, 2.75) is 25.2 Å². The third-order valence-electron chi connectivity index (χ3n) is 2.33. The smallest absolute Gasteiger partial charge is 0.0131 e. The highest BCUT2D eigenvalue weighted by atomic mass is 14.2. The molecule has 0 heteroatoms. The lowest BCUT2D eigenvalue weighted by atomic mass is 9.98. The summed E-state index contributed by atoms with van der Waals surface area (Å²) in [5, 5.41) is 0. The first-order valence-corrected chi connectivity index (χ1v) is 4.26. The van der Waals surface area contributed by atoms with Crippen molar-refractivity contribution in [3.63, 3.8) is 0 Å². The highest BCUT2D eigenvalue weighted by Gasteiger charge is 2.16. The fourth-order valence-electron chi connectivity index (χ4n) is 1.72. The molecule has 1 aliphatic rings. The molecule has 0 heterocycles. The van der Waals surface area contributed by atoms with Crippen LogP contribution in [-0.2, 0) is 0 Å². The summed E-state index contributed by atoms with van der Waals surface area (Å²) in [6, 6.07) is 11.4. The zero-order valence-corrected chi connectivity index (χ0v) is 6.59. The summed E-state index contributed by atoms with van der Waals surface area (Å²) < 4.78 is 0. The highest BCUT2D eigenvalue weighted by Crippen LogP contribution is 2.32. The molecule has 0 spiro atoms. The molecular weight excluding hydrogens is 132 g/mol. The molecule has 1 unspecified atom stereocenters. The van der Waals surface area contributed by atoms with Gasteiger partial charge in [-0.15, -0.1) is 0 Å². The highest BCUT2D eigenvalue weighted by molar-refractivity contribution is 5.22. The molecule has 0 nitrogen and oxygen atoms in total. The third kappa shape index (κ3) is 1.45. The summed E-state index contributed by atoms with van der Waals surface area (Å²) >= 11 is 0. The molecule has 0 aliphatic heterocycles. The first kappa shape index (κ1) is 6.90. The Morgan fingerprint density at radius 3 is 3.09 bits per heavy atom. The van der Waals surface area contributed by atoms with Crippen LogP contribution >= 0.6 is 0 Å². The van der Waals surface area contributed by atoms with E-state index < -0.39 is 0 Å².